The van der Waals surface area contributed by atoms with Gasteiger partial charge in [0, 0.05) is 25.1 Å². The lowest BCUT2D eigenvalue weighted by molar-refractivity contribution is -0.135. The second kappa shape index (κ2) is 7.97. The molecule has 0 fully saturated rings. The van der Waals surface area contributed by atoms with Crippen molar-refractivity contribution in [1.82, 2.24) is 4.90 Å². The van der Waals surface area contributed by atoms with E-state index in [9.17, 15) is 4.79 Å². The van der Waals surface area contributed by atoms with Crippen molar-refractivity contribution in [1.29, 1.82) is 0 Å². The highest BCUT2D eigenvalue weighted by Gasteiger charge is 2.21. The maximum Gasteiger partial charge on any atom is 0.226 e. The summed E-state index contributed by atoms with van der Waals surface area (Å²) in [5.74, 6) is 0.756. The Morgan fingerprint density at radius 3 is 2.33 bits per heavy atom. The first kappa shape index (κ1) is 18.0. The summed E-state index contributed by atoms with van der Waals surface area (Å²) < 4.78 is 5.42. The Morgan fingerprint density at radius 2 is 1.75 bits per heavy atom. The van der Waals surface area contributed by atoms with Crippen molar-refractivity contribution in [2.45, 2.75) is 19.9 Å². The molecule has 0 aliphatic carbocycles. The summed E-state index contributed by atoms with van der Waals surface area (Å²) >= 11 is 0. The second-order valence-corrected chi connectivity index (χ2v) is 6.08. The minimum absolute atomic E-state index is 0.00165. The topological polar surface area (TPSA) is 55.6 Å². The Labute approximate surface area is 144 Å². The van der Waals surface area contributed by atoms with E-state index in [2.05, 4.69) is 24.3 Å². The van der Waals surface area contributed by atoms with Gasteiger partial charge in [-0.15, -0.1) is 0 Å². The van der Waals surface area contributed by atoms with Crippen LogP contribution in [0.5, 0.6) is 5.75 Å². The Kier molecular flexibility index (Phi) is 5.99. The van der Waals surface area contributed by atoms with Crippen molar-refractivity contribution >= 4 is 5.91 Å². The monoisotopic (exact) mass is 326 g/mol. The number of benzene rings is 2. The second-order valence-electron chi connectivity index (χ2n) is 6.08. The fraction of sp³-hybridized carbons (Fsp3) is 0.350. The fourth-order valence-electron chi connectivity index (χ4n) is 2.69. The Hall–Kier alpha value is -2.33. The van der Waals surface area contributed by atoms with Gasteiger partial charge in [-0.3, -0.25) is 4.79 Å². The molecule has 2 aromatic rings. The first-order chi connectivity index (χ1) is 11.5. The average molecular weight is 326 g/mol. The number of rotatable bonds is 6. The Morgan fingerprint density at radius 1 is 1.12 bits per heavy atom. The maximum absolute atomic E-state index is 12.3. The van der Waals surface area contributed by atoms with Crippen LogP contribution in [0.4, 0.5) is 0 Å². The smallest absolute Gasteiger partial charge is 0.226 e. The molecule has 0 radical (unpaired) electrons. The highest BCUT2D eigenvalue weighted by atomic mass is 16.5. The summed E-state index contributed by atoms with van der Waals surface area (Å²) in [7, 11) is 3.50. The summed E-state index contributed by atoms with van der Waals surface area (Å²) in [6.07, 6.45) is 0. The normalized spacial score (nSPS) is 13.2. The first-order valence-electron chi connectivity index (χ1n) is 8.19. The van der Waals surface area contributed by atoms with E-state index < -0.39 is 0 Å². The van der Waals surface area contributed by atoms with Crippen LogP contribution >= 0.6 is 0 Å². The molecule has 2 atom stereocenters. The molecule has 2 rings (SSSR count). The lowest BCUT2D eigenvalue weighted by Gasteiger charge is -2.28. The predicted molar refractivity (Wildman–Crippen MR) is 97.8 cm³/mol. The number of hydrogen-bond acceptors (Lipinski definition) is 3. The number of amides is 1. The molecule has 0 aliphatic heterocycles. The van der Waals surface area contributed by atoms with Crippen LogP contribution in [-0.4, -0.2) is 31.5 Å². The zero-order valence-electron chi connectivity index (χ0n) is 14.8. The van der Waals surface area contributed by atoms with Crippen molar-refractivity contribution in [2.75, 3.05) is 20.7 Å². The largest absolute Gasteiger partial charge is 0.496 e. The molecular weight excluding hydrogens is 300 g/mol. The van der Waals surface area contributed by atoms with Gasteiger partial charge in [0.1, 0.15) is 5.75 Å². The molecule has 4 nitrogen and oxygen atoms in total. The molecule has 2 unspecified atom stereocenters. The van der Waals surface area contributed by atoms with Crippen molar-refractivity contribution in [2.24, 2.45) is 11.7 Å². The molecule has 2 N–H and O–H groups in total. The number of methoxy groups -OCH3 is 1. The number of nitrogens with two attached hydrogens (primary N) is 1. The van der Waals surface area contributed by atoms with Crippen LogP contribution in [0.2, 0.25) is 0 Å². The number of hydrogen-bond donors (Lipinski definition) is 1. The standard InChI is InChI=1S/C20H26N2O2/c1-14(13-21)20(23)22(3)15(2)16-9-11-17(12-10-16)18-7-5-6-8-19(18)24-4/h5-12,14-15H,13,21H2,1-4H3. The number of para-hydroxylation sites is 1. The van der Waals surface area contributed by atoms with E-state index in [1.54, 1.807) is 12.0 Å². The summed E-state index contributed by atoms with van der Waals surface area (Å²) in [4.78, 5) is 14.0. The Bertz CT molecular complexity index is 682. The van der Waals surface area contributed by atoms with Gasteiger partial charge in [0.25, 0.3) is 0 Å². The van der Waals surface area contributed by atoms with Gasteiger partial charge < -0.3 is 15.4 Å². The number of carbonyl (C=O) groups excluding carboxylic acids is 1. The number of nitrogens with zero attached hydrogens (tertiary/aromatic N) is 1. The highest BCUT2D eigenvalue weighted by molar-refractivity contribution is 5.79. The molecule has 2 aromatic carbocycles. The molecular formula is C20H26N2O2. The molecule has 0 aliphatic rings. The summed E-state index contributed by atoms with van der Waals surface area (Å²) in [6, 6.07) is 16.2. The van der Waals surface area contributed by atoms with Crippen LogP contribution in [0.1, 0.15) is 25.5 Å². The third-order valence-corrected chi connectivity index (χ3v) is 4.51. The molecule has 0 spiro atoms. The number of ether oxygens (including phenoxy) is 1. The average Bonchev–Trinajstić information content (AvgIpc) is 2.65. The van der Waals surface area contributed by atoms with Crippen LogP contribution in [0, 0.1) is 5.92 Å². The van der Waals surface area contributed by atoms with E-state index in [1.807, 2.05) is 45.2 Å². The minimum atomic E-state index is -0.162. The predicted octanol–water partition coefficient (Wildman–Crippen LogP) is 3.48. The zero-order valence-corrected chi connectivity index (χ0v) is 14.8. The minimum Gasteiger partial charge on any atom is -0.496 e. The van der Waals surface area contributed by atoms with Crippen LogP contribution in [0.15, 0.2) is 48.5 Å². The van der Waals surface area contributed by atoms with Gasteiger partial charge in [-0.1, -0.05) is 49.4 Å². The SMILES string of the molecule is COc1ccccc1-c1ccc(C(C)N(C)C(=O)C(C)CN)cc1. The molecule has 24 heavy (non-hydrogen) atoms. The van der Waals surface area contributed by atoms with Crippen LogP contribution < -0.4 is 10.5 Å². The maximum atomic E-state index is 12.3. The third kappa shape index (κ3) is 3.77. The Balaban J connectivity index is 2.21. The summed E-state index contributed by atoms with van der Waals surface area (Å²) in [5.41, 5.74) is 8.84. The van der Waals surface area contributed by atoms with E-state index in [0.29, 0.717) is 6.54 Å². The van der Waals surface area contributed by atoms with Gasteiger partial charge in [-0.05, 0) is 24.1 Å². The van der Waals surface area contributed by atoms with Crippen LogP contribution in [0.25, 0.3) is 11.1 Å². The molecule has 0 heterocycles. The lowest BCUT2D eigenvalue weighted by atomic mass is 9.99. The van der Waals surface area contributed by atoms with Gasteiger partial charge in [0.15, 0.2) is 0 Å². The first-order valence-corrected chi connectivity index (χ1v) is 8.19. The molecule has 128 valence electrons. The van der Waals surface area contributed by atoms with Gasteiger partial charge in [-0.25, -0.2) is 0 Å². The third-order valence-electron chi connectivity index (χ3n) is 4.51. The van der Waals surface area contributed by atoms with Gasteiger partial charge in [-0.2, -0.15) is 0 Å². The van der Waals surface area contributed by atoms with Gasteiger partial charge >= 0.3 is 0 Å². The van der Waals surface area contributed by atoms with Crippen molar-refractivity contribution in [3.8, 4) is 16.9 Å². The van der Waals surface area contributed by atoms with Crippen molar-refractivity contribution < 1.29 is 9.53 Å². The molecule has 0 saturated heterocycles. The van der Waals surface area contributed by atoms with Crippen LogP contribution in [0.3, 0.4) is 0 Å². The van der Waals surface area contributed by atoms with E-state index in [1.165, 1.54) is 0 Å². The lowest BCUT2D eigenvalue weighted by Crippen LogP contribution is -2.36. The molecule has 0 saturated carbocycles. The molecule has 1 amide bonds. The molecule has 0 bridgehead atoms. The summed E-state index contributed by atoms with van der Waals surface area (Å²) in [6.45, 7) is 4.25. The van der Waals surface area contributed by atoms with Gasteiger partial charge in [0.05, 0.1) is 13.2 Å². The van der Waals surface area contributed by atoms with Crippen molar-refractivity contribution in [3.63, 3.8) is 0 Å². The van der Waals surface area contributed by atoms with Crippen molar-refractivity contribution in [3.05, 3.63) is 54.1 Å². The fourth-order valence-corrected chi connectivity index (χ4v) is 2.69. The number of carbonyl (C=O) groups is 1. The van der Waals surface area contributed by atoms with E-state index >= 15 is 0 Å². The van der Waals surface area contributed by atoms with Crippen LogP contribution in [-0.2, 0) is 4.79 Å². The quantitative estimate of drug-likeness (QED) is 0.884. The van der Waals surface area contributed by atoms with E-state index in [-0.39, 0.29) is 17.9 Å². The summed E-state index contributed by atoms with van der Waals surface area (Å²) in [5, 5.41) is 0. The van der Waals surface area contributed by atoms with E-state index in [4.69, 9.17) is 10.5 Å². The van der Waals surface area contributed by atoms with E-state index in [0.717, 1.165) is 22.4 Å². The zero-order chi connectivity index (χ0) is 17.7. The highest BCUT2D eigenvalue weighted by Crippen LogP contribution is 2.31. The molecule has 0 aromatic heterocycles. The van der Waals surface area contributed by atoms with Gasteiger partial charge in [0.2, 0.25) is 5.91 Å². The molecule has 4 heteroatoms.